The summed E-state index contributed by atoms with van der Waals surface area (Å²) in [6, 6.07) is 20.9. The van der Waals surface area contributed by atoms with Gasteiger partial charge < -0.3 is 9.73 Å². The fraction of sp³-hybridized carbons (Fsp3) is 0.0952. The standard InChI is InChI=1S/C21H17N3O2/c25-20(23-13-11-15-6-2-1-3-7-15)16-9-10-17-19(14-16)26-21(24-17)18-8-4-5-12-22-18/h1-10,12,14H,11,13H2,(H,23,25). The van der Waals surface area contributed by atoms with Gasteiger partial charge in [-0.3, -0.25) is 9.78 Å². The molecule has 2 aromatic heterocycles. The molecule has 5 nitrogen and oxygen atoms in total. The number of nitrogens with zero attached hydrogens (tertiary/aromatic N) is 2. The van der Waals surface area contributed by atoms with Crippen LogP contribution < -0.4 is 5.32 Å². The lowest BCUT2D eigenvalue weighted by atomic mass is 10.1. The third kappa shape index (κ3) is 3.47. The van der Waals surface area contributed by atoms with E-state index in [1.54, 1.807) is 24.4 Å². The molecule has 0 aliphatic rings. The molecule has 2 aromatic carbocycles. The van der Waals surface area contributed by atoms with Crippen molar-refractivity contribution in [3.8, 4) is 11.6 Å². The first-order chi connectivity index (χ1) is 12.8. The SMILES string of the molecule is O=C(NCCc1ccccc1)c1ccc2nc(-c3ccccn3)oc2c1. The van der Waals surface area contributed by atoms with Crippen molar-refractivity contribution in [2.75, 3.05) is 6.54 Å². The molecule has 0 unspecified atom stereocenters. The molecule has 1 N–H and O–H groups in total. The molecule has 5 heteroatoms. The highest BCUT2D eigenvalue weighted by Crippen LogP contribution is 2.23. The summed E-state index contributed by atoms with van der Waals surface area (Å²) in [5.74, 6) is 0.320. The maximum absolute atomic E-state index is 12.4. The average molecular weight is 343 g/mol. The van der Waals surface area contributed by atoms with Gasteiger partial charge in [-0.2, -0.15) is 0 Å². The minimum absolute atomic E-state index is 0.126. The number of fused-ring (bicyclic) bond motifs is 1. The van der Waals surface area contributed by atoms with E-state index in [9.17, 15) is 4.79 Å². The van der Waals surface area contributed by atoms with Crippen molar-refractivity contribution in [2.45, 2.75) is 6.42 Å². The number of carbonyl (C=O) groups is 1. The summed E-state index contributed by atoms with van der Waals surface area (Å²) in [6.45, 7) is 0.580. The molecular formula is C21H17N3O2. The van der Waals surface area contributed by atoms with Gasteiger partial charge in [-0.15, -0.1) is 0 Å². The Morgan fingerprint density at radius 3 is 2.65 bits per heavy atom. The van der Waals surface area contributed by atoms with E-state index in [0.717, 1.165) is 6.42 Å². The molecule has 26 heavy (non-hydrogen) atoms. The molecule has 1 amide bonds. The number of nitrogens with one attached hydrogen (secondary N) is 1. The van der Waals surface area contributed by atoms with Crippen LogP contribution in [-0.4, -0.2) is 22.4 Å². The number of hydrogen-bond donors (Lipinski definition) is 1. The molecule has 2 heterocycles. The van der Waals surface area contributed by atoms with Crippen LogP contribution in [0.3, 0.4) is 0 Å². The second-order valence-corrected chi connectivity index (χ2v) is 5.91. The number of aromatic nitrogens is 2. The molecule has 128 valence electrons. The normalized spacial score (nSPS) is 10.8. The number of carbonyl (C=O) groups excluding carboxylic acids is 1. The van der Waals surface area contributed by atoms with Crippen LogP contribution in [0.4, 0.5) is 0 Å². The van der Waals surface area contributed by atoms with E-state index in [1.165, 1.54) is 5.56 Å². The van der Waals surface area contributed by atoms with E-state index >= 15 is 0 Å². The molecule has 0 saturated heterocycles. The van der Waals surface area contributed by atoms with Crippen LogP contribution in [0.1, 0.15) is 15.9 Å². The fourth-order valence-corrected chi connectivity index (χ4v) is 2.73. The zero-order chi connectivity index (χ0) is 17.8. The summed E-state index contributed by atoms with van der Waals surface area (Å²) < 4.78 is 5.77. The second-order valence-electron chi connectivity index (χ2n) is 5.91. The molecule has 0 aliphatic carbocycles. The summed E-state index contributed by atoms with van der Waals surface area (Å²) >= 11 is 0. The van der Waals surface area contributed by atoms with E-state index in [1.807, 2.05) is 48.5 Å². The Morgan fingerprint density at radius 1 is 1.00 bits per heavy atom. The van der Waals surface area contributed by atoms with Crippen LogP contribution in [0.15, 0.2) is 77.3 Å². The minimum Gasteiger partial charge on any atom is -0.435 e. The average Bonchev–Trinajstić information content (AvgIpc) is 3.13. The maximum Gasteiger partial charge on any atom is 0.251 e. The van der Waals surface area contributed by atoms with E-state index < -0.39 is 0 Å². The zero-order valence-electron chi connectivity index (χ0n) is 14.1. The number of hydrogen-bond acceptors (Lipinski definition) is 4. The first-order valence-corrected chi connectivity index (χ1v) is 8.44. The summed E-state index contributed by atoms with van der Waals surface area (Å²) in [5.41, 5.74) is 3.68. The summed E-state index contributed by atoms with van der Waals surface area (Å²) in [7, 11) is 0. The van der Waals surface area contributed by atoms with E-state index in [-0.39, 0.29) is 5.91 Å². The van der Waals surface area contributed by atoms with Crippen molar-refractivity contribution in [3.63, 3.8) is 0 Å². The Hall–Kier alpha value is -3.47. The van der Waals surface area contributed by atoms with E-state index in [0.29, 0.717) is 34.8 Å². The first-order valence-electron chi connectivity index (χ1n) is 8.44. The van der Waals surface area contributed by atoms with Crippen molar-refractivity contribution in [1.82, 2.24) is 15.3 Å². The van der Waals surface area contributed by atoms with Gasteiger partial charge in [-0.05, 0) is 42.3 Å². The van der Waals surface area contributed by atoms with Gasteiger partial charge in [0.15, 0.2) is 5.58 Å². The predicted molar refractivity (Wildman–Crippen MR) is 99.7 cm³/mol. The summed E-state index contributed by atoms with van der Waals surface area (Å²) in [4.78, 5) is 21.0. The molecule has 0 bridgehead atoms. The number of amides is 1. The van der Waals surface area contributed by atoms with Gasteiger partial charge in [0.25, 0.3) is 5.91 Å². The van der Waals surface area contributed by atoms with Gasteiger partial charge in [0.1, 0.15) is 11.2 Å². The molecule has 0 atom stereocenters. The lowest BCUT2D eigenvalue weighted by Crippen LogP contribution is -2.25. The van der Waals surface area contributed by atoms with Gasteiger partial charge in [-0.25, -0.2) is 4.98 Å². The quantitative estimate of drug-likeness (QED) is 0.597. The second kappa shape index (κ2) is 7.19. The third-order valence-corrected chi connectivity index (χ3v) is 4.08. The lowest BCUT2D eigenvalue weighted by Gasteiger charge is -2.05. The first kappa shape index (κ1) is 16.0. The van der Waals surface area contributed by atoms with Crippen LogP contribution in [0.25, 0.3) is 22.7 Å². The van der Waals surface area contributed by atoms with Crippen LogP contribution in [-0.2, 0) is 6.42 Å². The van der Waals surface area contributed by atoms with Crippen molar-refractivity contribution in [1.29, 1.82) is 0 Å². The predicted octanol–water partition coefficient (Wildman–Crippen LogP) is 3.86. The number of oxazole rings is 1. The highest BCUT2D eigenvalue weighted by molar-refractivity contribution is 5.97. The van der Waals surface area contributed by atoms with Crippen molar-refractivity contribution < 1.29 is 9.21 Å². The number of rotatable bonds is 5. The highest BCUT2D eigenvalue weighted by Gasteiger charge is 2.12. The topological polar surface area (TPSA) is 68.0 Å². The Bertz CT molecular complexity index is 1030. The van der Waals surface area contributed by atoms with E-state index in [4.69, 9.17) is 4.42 Å². The van der Waals surface area contributed by atoms with Gasteiger partial charge in [0.2, 0.25) is 5.89 Å². The van der Waals surface area contributed by atoms with Gasteiger partial charge in [0, 0.05) is 18.3 Å². The Kier molecular flexibility index (Phi) is 4.43. The van der Waals surface area contributed by atoms with Crippen LogP contribution >= 0.6 is 0 Å². The zero-order valence-corrected chi connectivity index (χ0v) is 14.1. The molecule has 0 fully saturated rings. The molecule has 0 saturated carbocycles. The summed E-state index contributed by atoms with van der Waals surface area (Å²) in [6.07, 6.45) is 2.48. The highest BCUT2D eigenvalue weighted by atomic mass is 16.3. The van der Waals surface area contributed by atoms with Gasteiger partial charge >= 0.3 is 0 Å². The summed E-state index contributed by atoms with van der Waals surface area (Å²) in [5, 5.41) is 2.94. The number of benzene rings is 2. The van der Waals surface area contributed by atoms with Crippen molar-refractivity contribution in [3.05, 3.63) is 84.1 Å². The third-order valence-electron chi connectivity index (χ3n) is 4.08. The van der Waals surface area contributed by atoms with Crippen molar-refractivity contribution >= 4 is 17.0 Å². The Labute approximate surface area is 150 Å². The van der Waals surface area contributed by atoms with Gasteiger partial charge in [-0.1, -0.05) is 36.4 Å². The number of pyridine rings is 1. The Balaban J connectivity index is 1.47. The molecule has 4 rings (SSSR count). The smallest absolute Gasteiger partial charge is 0.251 e. The molecular weight excluding hydrogens is 326 g/mol. The lowest BCUT2D eigenvalue weighted by molar-refractivity contribution is 0.0954. The van der Waals surface area contributed by atoms with Crippen LogP contribution in [0, 0.1) is 0 Å². The monoisotopic (exact) mass is 343 g/mol. The van der Waals surface area contributed by atoms with Crippen LogP contribution in [0.2, 0.25) is 0 Å². The van der Waals surface area contributed by atoms with Crippen molar-refractivity contribution in [2.24, 2.45) is 0 Å². The maximum atomic E-state index is 12.4. The molecule has 0 aliphatic heterocycles. The molecule has 4 aromatic rings. The molecule has 0 spiro atoms. The van der Waals surface area contributed by atoms with Gasteiger partial charge in [0.05, 0.1) is 0 Å². The fourth-order valence-electron chi connectivity index (χ4n) is 2.73. The minimum atomic E-state index is -0.126. The van der Waals surface area contributed by atoms with Crippen LogP contribution in [0.5, 0.6) is 0 Å². The Morgan fingerprint density at radius 2 is 1.85 bits per heavy atom. The molecule has 0 radical (unpaired) electrons. The largest absolute Gasteiger partial charge is 0.435 e. The van der Waals surface area contributed by atoms with E-state index in [2.05, 4.69) is 15.3 Å².